The minimum absolute atomic E-state index is 0.759. The molecular formula is C13H11ClF3NO2S. The Bertz CT molecular complexity index is 623. The van der Waals surface area contributed by atoms with Gasteiger partial charge >= 0.3 is 12.1 Å². The molecule has 0 fully saturated rings. The maximum absolute atomic E-state index is 10.6. The molecule has 114 valence electrons. The second kappa shape index (κ2) is 6.82. The van der Waals surface area contributed by atoms with Gasteiger partial charge in [0.25, 0.3) is 0 Å². The highest BCUT2D eigenvalue weighted by atomic mass is 35.5. The molecule has 2 aromatic rings. The second-order valence-electron chi connectivity index (χ2n) is 3.93. The van der Waals surface area contributed by atoms with Crippen LogP contribution >= 0.6 is 22.9 Å². The Morgan fingerprint density at radius 2 is 1.76 bits per heavy atom. The van der Waals surface area contributed by atoms with Crippen molar-refractivity contribution < 1.29 is 23.1 Å². The summed E-state index contributed by atoms with van der Waals surface area (Å²) in [4.78, 5) is 10.1. The molecule has 0 aliphatic rings. The maximum atomic E-state index is 10.6. The molecule has 0 amide bonds. The largest absolute Gasteiger partial charge is 0.490 e. The standard InChI is InChI=1S/C11H10ClNS.C2HF3O2/c1-7-10(6-11(13)14-7)8-2-4-9(12)5-3-8;3-2(4,5)1(6)7/h2-6H,13H2,1H3;(H,6,7). The van der Waals surface area contributed by atoms with Crippen LogP contribution in [0.15, 0.2) is 30.3 Å². The van der Waals surface area contributed by atoms with Crippen molar-refractivity contribution in [2.45, 2.75) is 13.1 Å². The Kier molecular flexibility index (Phi) is 5.62. The summed E-state index contributed by atoms with van der Waals surface area (Å²) in [5.74, 6) is -2.76. The van der Waals surface area contributed by atoms with Gasteiger partial charge in [0.1, 0.15) is 0 Å². The van der Waals surface area contributed by atoms with E-state index in [2.05, 4.69) is 6.92 Å². The lowest BCUT2D eigenvalue weighted by Gasteiger charge is -1.99. The van der Waals surface area contributed by atoms with Gasteiger partial charge in [-0.15, -0.1) is 11.3 Å². The fourth-order valence-corrected chi connectivity index (χ4v) is 2.36. The zero-order chi connectivity index (χ0) is 16.2. The third-order valence-electron chi connectivity index (χ3n) is 2.33. The van der Waals surface area contributed by atoms with E-state index in [9.17, 15) is 13.2 Å². The number of halogens is 4. The van der Waals surface area contributed by atoms with Crippen molar-refractivity contribution in [3.05, 3.63) is 40.2 Å². The topological polar surface area (TPSA) is 63.3 Å². The predicted molar refractivity (Wildman–Crippen MR) is 77.6 cm³/mol. The molecule has 1 aromatic carbocycles. The Labute approximate surface area is 127 Å². The van der Waals surface area contributed by atoms with Gasteiger partial charge in [-0.05, 0) is 36.2 Å². The van der Waals surface area contributed by atoms with Gasteiger partial charge in [-0.2, -0.15) is 13.2 Å². The Morgan fingerprint density at radius 1 is 1.29 bits per heavy atom. The van der Waals surface area contributed by atoms with Gasteiger partial charge in [0, 0.05) is 9.90 Å². The minimum Gasteiger partial charge on any atom is -0.475 e. The monoisotopic (exact) mass is 337 g/mol. The molecular weight excluding hydrogens is 327 g/mol. The lowest BCUT2D eigenvalue weighted by molar-refractivity contribution is -0.192. The van der Waals surface area contributed by atoms with E-state index in [4.69, 9.17) is 27.2 Å². The fourth-order valence-electron chi connectivity index (χ4n) is 1.42. The first-order valence-electron chi connectivity index (χ1n) is 5.53. The summed E-state index contributed by atoms with van der Waals surface area (Å²) < 4.78 is 31.7. The first-order valence-corrected chi connectivity index (χ1v) is 6.72. The van der Waals surface area contributed by atoms with Gasteiger partial charge in [0.15, 0.2) is 0 Å². The zero-order valence-electron chi connectivity index (χ0n) is 10.7. The number of alkyl halides is 3. The number of nitrogen functional groups attached to an aromatic ring is 1. The number of carboxylic acid groups (broad SMARTS) is 1. The molecule has 1 heterocycles. The summed E-state index contributed by atoms with van der Waals surface area (Å²) in [6.07, 6.45) is -5.08. The molecule has 0 aliphatic heterocycles. The van der Waals surface area contributed by atoms with Crippen molar-refractivity contribution in [1.82, 2.24) is 0 Å². The van der Waals surface area contributed by atoms with Crippen molar-refractivity contribution in [3.63, 3.8) is 0 Å². The highest BCUT2D eigenvalue weighted by Gasteiger charge is 2.38. The van der Waals surface area contributed by atoms with Crippen molar-refractivity contribution in [1.29, 1.82) is 0 Å². The third-order valence-corrected chi connectivity index (χ3v) is 3.47. The zero-order valence-corrected chi connectivity index (χ0v) is 12.3. The Morgan fingerprint density at radius 3 is 2.10 bits per heavy atom. The van der Waals surface area contributed by atoms with Gasteiger partial charge in [0.05, 0.1) is 5.00 Å². The number of aryl methyl sites for hydroxylation is 1. The van der Waals surface area contributed by atoms with E-state index in [1.165, 1.54) is 16.0 Å². The predicted octanol–water partition coefficient (Wildman–Crippen LogP) is 4.59. The number of benzene rings is 1. The summed E-state index contributed by atoms with van der Waals surface area (Å²) in [5.41, 5.74) is 8.10. The van der Waals surface area contributed by atoms with Gasteiger partial charge in [-0.1, -0.05) is 23.7 Å². The molecule has 3 nitrogen and oxygen atoms in total. The van der Waals surface area contributed by atoms with Crippen LogP contribution in [0.25, 0.3) is 11.1 Å². The van der Waals surface area contributed by atoms with Crippen LogP contribution in [0.4, 0.5) is 18.2 Å². The average molecular weight is 338 g/mol. The molecule has 0 bridgehead atoms. The van der Waals surface area contributed by atoms with Crippen molar-refractivity contribution in [2.24, 2.45) is 0 Å². The first kappa shape index (κ1) is 17.3. The van der Waals surface area contributed by atoms with E-state index in [-0.39, 0.29) is 0 Å². The molecule has 0 unspecified atom stereocenters. The number of carboxylic acids is 1. The van der Waals surface area contributed by atoms with Crippen LogP contribution in [0, 0.1) is 6.92 Å². The summed E-state index contributed by atoms with van der Waals surface area (Å²) in [6, 6.07) is 9.81. The van der Waals surface area contributed by atoms with Gasteiger partial charge < -0.3 is 10.8 Å². The second-order valence-corrected chi connectivity index (χ2v) is 5.65. The molecule has 0 aliphatic carbocycles. The minimum atomic E-state index is -5.08. The number of thiophene rings is 1. The van der Waals surface area contributed by atoms with E-state index in [1.54, 1.807) is 11.3 Å². The number of aliphatic carboxylic acids is 1. The first-order chi connectivity index (χ1) is 9.61. The van der Waals surface area contributed by atoms with E-state index in [1.807, 2.05) is 30.3 Å². The molecule has 8 heteroatoms. The fraction of sp³-hybridized carbons (Fsp3) is 0.154. The van der Waals surface area contributed by atoms with Crippen molar-refractivity contribution >= 4 is 33.9 Å². The van der Waals surface area contributed by atoms with Crippen LogP contribution in [0.3, 0.4) is 0 Å². The van der Waals surface area contributed by atoms with Crippen LogP contribution < -0.4 is 5.73 Å². The summed E-state index contributed by atoms with van der Waals surface area (Å²) in [6.45, 7) is 2.07. The van der Waals surface area contributed by atoms with Crippen LogP contribution in [-0.4, -0.2) is 17.3 Å². The quantitative estimate of drug-likeness (QED) is 0.799. The highest BCUT2D eigenvalue weighted by Crippen LogP contribution is 2.32. The molecule has 1 aromatic heterocycles. The van der Waals surface area contributed by atoms with Gasteiger partial charge in [0.2, 0.25) is 0 Å². The molecule has 0 saturated carbocycles. The average Bonchev–Trinajstić information content (AvgIpc) is 2.69. The number of rotatable bonds is 1. The third kappa shape index (κ3) is 5.28. The maximum Gasteiger partial charge on any atom is 0.490 e. The van der Waals surface area contributed by atoms with Crippen LogP contribution in [0.5, 0.6) is 0 Å². The van der Waals surface area contributed by atoms with Crippen molar-refractivity contribution in [2.75, 3.05) is 5.73 Å². The molecule has 3 N–H and O–H groups in total. The van der Waals surface area contributed by atoms with Crippen LogP contribution in [0.2, 0.25) is 5.02 Å². The van der Waals surface area contributed by atoms with E-state index in [0.29, 0.717) is 0 Å². The molecule has 0 spiro atoms. The summed E-state index contributed by atoms with van der Waals surface area (Å²) in [5, 5.41) is 8.74. The summed E-state index contributed by atoms with van der Waals surface area (Å²) >= 11 is 7.44. The lowest BCUT2D eigenvalue weighted by atomic mass is 10.1. The number of anilines is 1. The van der Waals surface area contributed by atoms with E-state index >= 15 is 0 Å². The number of carbonyl (C=O) groups is 1. The highest BCUT2D eigenvalue weighted by molar-refractivity contribution is 7.16. The molecule has 2 rings (SSSR count). The molecule has 0 saturated heterocycles. The molecule has 21 heavy (non-hydrogen) atoms. The van der Waals surface area contributed by atoms with Crippen molar-refractivity contribution in [3.8, 4) is 11.1 Å². The van der Waals surface area contributed by atoms with E-state index in [0.717, 1.165) is 10.0 Å². The molecule has 0 atom stereocenters. The van der Waals surface area contributed by atoms with Gasteiger partial charge in [-0.25, -0.2) is 4.79 Å². The summed E-state index contributed by atoms with van der Waals surface area (Å²) in [7, 11) is 0. The smallest absolute Gasteiger partial charge is 0.475 e. The van der Waals surface area contributed by atoms with Gasteiger partial charge in [-0.3, -0.25) is 0 Å². The SMILES string of the molecule is Cc1sc(N)cc1-c1ccc(Cl)cc1.O=C(O)C(F)(F)F. The number of hydrogen-bond donors (Lipinski definition) is 2. The van der Waals surface area contributed by atoms with Crippen LogP contribution in [0.1, 0.15) is 4.88 Å². The number of nitrogens with two attached hydrogens (primary N) is 1. The Hall–Kier alpha value is -1.73. The Balaban J connectivity index is 0.000000270. The van der Waals surface area contributed by atoms with E-state index < -0.39 is 12.1 Å². The number of hydrogen-bond acceptors (Lipinski definition) is 3. The molecule has 0 radical (unpaired) electrons. The lowest BCUT2D eigenvalue weighted by Crippen LogP contribution is -2.21. The van der Waals surface area contributed by atoms with Crippen LogP contribution in [-0.2, 0) is 4.79 Å². The normalized spacial score (nSPS) is 10.7.